The summed E-state index contributed by atoms with van der Waals surface area (Å²) < 4.78 is 1.64. The monoisotopic (exact) mass is 277 g/mol. The lowest BCUT2D eigenvalue weighted by Gasteiger charge is -2.01. The first-order valence-electron chi connectivity index (χ1n) is 6.69. The Hall–Kier alpha value is -2.88. The molecular weight excluding hydrogens is 262 g/mol. The lowest BCUT2D eigenvalue weighted by molar-refractivity contribution is -0.111. The number of fused-ring (bicyclic) bond motifs is 1. The summed E-state index contributed by atoms with van der Waals surface area (Å²) in [6.45, 7) is 0. The summed E-state index contributed by atoms with van der Waals surface area (Å²) in [7, 11) is 1.81. The normalized spacial score (nSPS) is 11.1. The fourth-order valence-electron chi connectivity index (χ4n) is 2.21. The van der Waals surface area contributed by atoms with Crippen molar-refractivity contribution >= 4 is 28.6 Å². The van der Waals surface area contributed by atoms with Crippen LogP contribution in [0.3, 0.4) is 0 Å². The highest BCUT2D eigenvalue weighted by Crippen LogP contribution is 2.19. The second-order valence-electron chi connectivity index (χ2n) is 4.77. The number of carbonyl (C=O) groups is 1. The van der Waals surface area contributed by atoms with Crippen molar-refractivity contribution in [2.45, 2.75) is 0 Å². The summed E-state index contributed by atoms with van der Waals surface area (Å²) in [6, 6.07) is 15.9. The Balaban J connectivity index is 1.79. The van der Waals surface area contributed by atoms with Gasteiger partial charge >= 0.3 is 0 Å². The van der Waals surface area contributed by atoms with Gasteiger partial charge in [-0.2, -0.15) is 5.10 Å². The molecule has 1 amide bonds. The van der Waals surface area contributed by atoms with Gasteiger partial charge in [-0.05, 0) is 22.4 Å². The van der Waals surface area contributed by atoms with Gasteiger partial charge in [0.2, 0.25) is 5.91 Å². The summed E-state index contributed by atoms with van der Waals surface area (Å²) in [4.78, 5) is 11.9. The van der Waals surface area contributed by atoms with Gasteiger partial charge in [-0.25, -0.2) is 0 Å². The van der Waals surface area contributed by atoms with Crippen LogP contribution >= 0.6 is 0 Å². The maximum Gasteiger partial charge on any atom is 0.249 e. The molecule has 0 saturated carbocycles. The highest BCUT2D eigenvalue weighted by Gasteiger charge is 2.01. The number of anilines is 1. The van der Waals surface area contributed by atoms with Crippen molar-refractivity contribution < 1.29 is 4.79 Å². The van der Waals surface area contributed by atoms with Gasteiger partial charge in [0.15, 0.2) is 5.82 Å². The number of nitrogens with zero attached hydrogens (tertiary/aromatic N) is 2. The summed E-state index contributed by atoms with van der Waals surface area (Å²) in [5.74, 6) is 0.353. The molecule has 0 radical (unpaired) electrons. The lowest BCUT2D eigenvalue weighted by atomic mass is 10.0. The quantitative estimate of drug-likeness (QED) is 0.747. The van der Waals surface area contributed by atoms with Gasteiger partial charge in [-0.3, -0.25) is 9.48 Å². The third-order valence-electron chi connectivity index (χ3n) is 3.20. The molecule has 4 heteroatoms. The maximum absolute atomic E-state index is 11.9. The molecule has 1 aromatic heterocycles. The van der Waals surface area contributed by atoms with Gasteiger partial charge < -0.3 is 5.32 Å². The van der Waals surface area contributed by atoms with Crippen LogP contribution < -0.4 is 5.32 Å². The Kier molecular flexibility index (Phi) is 3.51. The zero-order valence-electron chi connectivity index (χ0n) is 11.7. The van der Waals surface area contributed by atoms with Crippen molar-refractivity contribution in [3.05, 3.63) is 66.4 Å². The van der Waals surface area contributed by atoms with Crippen LogP contribution in [-0.2, 0) is 11.8 Å². The van der Waals surface area contributed by atoms with Crippen LogP contribution in [0.2, 0.25) is 0 Å². The predicted molar refractivity (Wildman–Crippen MR) is 84.8 cm³/mol. The van der Waals surface area contributed by atoms with Crippen LogP contribution in [0.25, 0.3) is 16.8 Å². The molecule has 3 aromatic rings. The van der Waals surface area contributed by atoms with E-state index >= 15 is 0 Å². The van der Waals surface area contributed by atoms with Crippen LogP contribution in [0.1, 0.15) is 5.56 Å². The Labute approximate surface area is 122 Å². The molecule has 1 N–H and O–H groups in total. The first kappa shape index (κ1) is 13.1. The van der Waals surface area contributed by atoms with E-state index in [1.165, 1.54) is 6.08 Å². The zero-order valence-corrected chi connectivity index (χ0v) is 11.7. The molecule has 0 aliphatic heterocycles. The molecular formula is C17H15N3O. The van der Waals surface area contributed by atoms with Gasteiger partial charge in [0.25, 0.3) is 0 Å². The highest BCUT2D eigenvalue weighted by molar-refractivity contribution is 6.03. The van der Waals surface area contributed by atoms with E-state index < -0.39 is 0 Å². The van der Waals surface area contributed by atoms with Crippen molar-refractivity contribution in [2.75, 3.05) is 5.32 Å². The van der Waals surface area contributed by atoms with Gasteiger partial charge in [0.05, 0.1) is 0 Å². The fourth-order valence-corrected chi connectivity index (χ4v) is 2.21. The average Bonchev–Trinajstić information content (AvgIpc) is 2.90. The Morgan fingerprint density at radius 3 is 2.76 bits per heavy atom. The van der Waals surface area contributed by atoms with Gasteiger partial charge in [-0.15, -0.1) is 0 Å². The molecule has 4 nitrogen and oxygen atoms in total. The van der Waals surface area contributed by atoms with Crippen LogP contribution in [0, 0.1) is 0 Å². The molecule has 0 saturated heterocycles. The minimum Gasteiger partial charge on any atom is -0.306 e. The van der Waals surface area contributed by atoms with Crippen LogP contribution in [0.15, 0.2) is 60.8 Å². The van der Waals surface area contributed by atoms with E-state index in [1.54, 1.807) is 16.9 Å². The number of aryl methyl sites for hydroxylation is 1. The van der Waals surface area contributed by atoms with Gasteiger partial charge in [0.1, 0.15) is 0 Å². The Morgan fingerprint density at radius 1 is 1.14 bits per heavy atom. The van der Waals surface area contributed by atoms with Crippen molar-refractivity contribution in [1.82, 2.24) is 9.78 Å². The van der Waals surface area contributed by atoms with Crippen LogP contribution in [-0.4, -0.2) is 15.7 Å². The van der Waals surface area contributed by atoms with E-state index in [9.17, 15) is 4.79 Å². The maximum atomic E-state index is 11.9. The fraction of sp³-hybridized carbons (Fsp3) is 0.0588. The second kappa shape index (κ2) is 5.63. The van der Waals surface area contributed by atoms with Crippen molar-refractivity contribution in [2.24, 2.45) is 7.05 Å². The standard InChI is InChI=1S/C17H15N3O/c1-20-12-11-16(19-20)18-17(21)10-9-14-7-4-6-13-5-2-3-8-15(13)14/h2-12H,1H3,(H,18,19,21)/b10-9+. The van der Waals surface area contributed by atoms with Crippen molar-refractivity contribution in [3.63, 3.8) is 0 Å². The smallest absolute Gasteiger partial charge is 0.249 e. The van der Waals surface area contributed by atoms with Gasteiger partial charge in [0, 0.05) is 25.4 Å². The Bertz CT molecular complexity index is 812. The number of amides is 1. The molecule has 0 spiro atoms. The average molecular weight is 277 g/mol. The van der Waals surface area contributed by atoms with Crippen LogP contribution in [0.5, 0.6) is 0 Å². The molecule has 0 aliphatic carbocycles. The zero-order chi connectivity index (χ0) is 14.7. The van der Waals surface area contributed by atoms with E-state index in [0.29, 0.717) is 5.82 Å². The van der Waals surface area contributed by atoms with E-state index in [4.69, 9.17) is 0 Å². The summed E-state index contributed by atoms with van der Waals surface area (Å²) >= 11 is 0. The summed E-state index contributed by atoms with van der Waals surface area (Å²) in [6.07, 6.45) is 5.13. The molecule has 104 valence electrons. The number of hydrogen-bond donors (Lipinski definition) is 1. The largest absolute Gasteiger partial charge is 0.306 e. The number of aromatic nitrogens is 2. The SMILES string of the molecule is Cn1ccc(NC(=O)/C=C/c2cccc3ccccc23)n1. The lowest BCUT2D eigenvalue weighted by Crippen LogP contribution is -2.08. The molecule has 0 aliphatic rings. The number of hydrogen-bond acceptors (Lipinski definition) is 2. The van der Waals surface area contributed by atoms with Crippen LogP contribution in [0.4, 0.5) is 5.82 Å². The molecule has 2 aromatic carbocycles. The summed E-state index contributed by atoms with van der Waals surface area (Å²) in [5, 5.41) is 9.11. The third-order valence-corrected chi connectivity index (χ3v) is 3.20. The molecule has 0 bridgehead atoms. The third kappa shape index (κ3) is 3.00. The van der Waals surface area contributed by atoms with E-state index in [2.05, 4.69) is 22.5 Å². The molecule has 0 unspecified atom stereocenters. The van der Waals surface area contributed by atoms with Crippen molar-refractivity contribution in [1.29, 1.82) is 0 Å². The Morgan fingerprint density at radius 2 is 1.95 bits per heavy atom. The van der Waals surface area contributed by atoms with E-state index in [0.717, 1.165) is 16.3 Å². The number of rotatable bonds is 3. The first-order chi connectivity index (χ1) is 10.2. The van der Waals surface area contributed by atoms with E-state index in [1.807, 2.05) is 43.5 Å². The molecule has 0 atom stereocenters. The molecule has 1 heterocycles. The topological polar surface area (TPSA) is 46.9 Å². The number of carbonyl (C=O) groups excluding carboxylic acids is 1. The number of nitrogens with one attached hydrogen (secondary N) is 1. The first-order valence-corrected chi connectivity index (χ1v) is 6.69. The van der Waals surface area contributed by atoms with E-state index in [-0.39, 0.29) is 5.91 Å². The highest BCUT2D eigenvalue weighted by atomic mass is 16.1. The number of benzene rings is 2. The molecule has 3 rings (SSSR count). The van der Waals surface area contributed by atoms with Crippen molar-refractivity contribution in [3.8, 4) is 0 Å². The summed E-state index contributed by atoms with van der Waals surface area (Å²) in [5.41, 5.74) is 1.02. The molecule has 0 fully saturated rings. The minimum absolute atomic E-state index is 0.193. The second-order valence-corrected chi connectivity index (χ2v) is 4.77. The van der Waals surface area contributed by atoms with Gasteiger partial charge in [-0.1, -0.05) is 42.5 Å². The predicted octanol–water partition coefficient (Wildman–Crippen LogP) is 3.23. The molecule has 21 heavy (non-hydrogen) atoms. The minimum atomic E-state index is -0.193.